The minimum atomic E-state index is -4.58. The molecule has 0 radical (unpaired) electrons. The first-order chi connectivity index (χ1) is 18.2. The summed E-state index contributed by atoms with van der Waals surface area (Å²) in [6.07, 6.45) is -3.46. The van der Waals surface area contributed by atoms with Crippen molar-refractivity contribution in [3.05, 3.63) is 28.5 Å². The predicted octanol–water partition coefficient (Wildman–Crippen LogP) is 5.41. The number of halogens is 5. The van der Waals surface area contributed by atoms with E-state index < -0.39 is 47.9 Å². The molecule has 2 aromatic rings. The molecule has 3 N–H and O–H groups in total. The van der Waals surface area contributed by atoms with Gasteiger partial charge in [-0.1, -0.05) is 13.8 Å². The van der Waals surface area contributed by atoms with Gasteiger partial charge < -0.3 is 20.6 Å². The minimum absolute atomic E-state index is 0.00107. The van der Waals surface area contributed by atoms with Gasteiger partial charge in [-0.25, -0.2) is 18.7 Å². The molecule has 0 spiro atoms. The van der Waals surface area contributed by atoms with Crippen molar-refractivity contribution in [2.75, 3.05) is 18.4 Å². The van der Waals surface area contributed by atoms with Gasteiger partial charge in [-0.3, -0.25) is 9.59 Å². The predicted molar refractivity (Wildman–Crippen MR) is 137 cm³/mol. The Morgan fingerprint density at radius 2 is 1.72 bits per heavy atom. The lowest BCUT2D eigenvalue weighted by atomic mass is 10.0. The number of hydrogen-bond donors (Lipinski definition) is 3. The average Bonchev–Trinajstić information content (AvgIpc) is 3.60. The molecule has 4 heterocycles. The SMILES string of the molecule is CC.CC(C)(O)CNC(=O)c1nc(C(=O)N2C3CCC2CC3)c(-c2cnc(NCC(F)(F)F)cc2C(F)F)s1. The number of thiazole rings is 1. The van der Waals surface area contributed by atoms with Crippen LogP contribution in [0.25, 0.3) is 10.4 Å². The highest BCUT2D eigenvalue weighted by atomic mass is 32.1. The number of carbonyl (C=O) groups excluding carboxylic acids is 2. The van der Waals surface area contributed by atoms with Crippen LogP contribution in [0.5, 0.6) is 0 Å². The van der Waals surface area contributed by atoms with Gasteiger partial charge in [0.15, 0.2) is 5.01 Å². The Kier molecular flexibility index (Phi) is 9.52. The molecule has 0 unspecified atom stereocenters. The van der Waals surface area contributed by atoms with Crippen molar-refractivity contribution in [2.45, 2.75) is 83.7 Å². The van der Waals surface area contributed by atoms with Crippen molar-refractivity contribution in [1.82, 2.24) is 20.2 Å². The second-order valence-corrected chi connectivity index (χ2v) is 10.8. The Morgan fingerprint density at radius 1 is 1.13 bits per heavy atom. The van der Waals surface area contributed by atoms with Crippen LogP contribution >= 0.6 is 11.3 Å². The van der Waals surface area contributed by atoms with Gasteiger partial charge in [0, 0.05) is 36.0 Å². The van der Waals surface area contributed by atoms with Gasteiger partial charge in [0.2, 0.25) is 0 Å². The number of rotatable bonds is 8. The first-order valence-electron chi connectivity index (χ1n) is 12.7. The Hall–Kier alpha value is -2.87. The molecule has 2 aliphatic rings. The third-order valence-electron chi connectivity index (χ3n) is 6.28. The zero-order valence-corrected chi connectivity index (χ0v) is 22.8. The van der Waals surface area contributed by atoms with E-state index in [0.29, 0.717) is 11.3 Å². The molecule has 2 saturated heterocycles. The maximum absolute atomic E-state index is 14.1. The van der Waals surface area contributed by atoms with E-state index in [1.54, 1.807) is 4.90 Å². The van der Waals surface area contributed by atoms with Crippen molar-refractivity contribution in [3.8, 4) is 10.4 Å². The molecule has 2 fully saturated rings. The van der Waals surface area contributed by atoms with E-state index in [-0.39, 0.29) is 39.8 Å². The number of aromatic nitrogens is 2. The molecule has 216 valence electrons. The lowest BCUT2D eigenvalue weighted by Crippen LogP contribution is -2.38. The second kappa shape index (κ2) is 12.1. The van der Waals surface area contributed by atoms with E-state index in [4.69, 9.17) is 0 Å². The number of aliphatic hydroxyl groups is 1. The zero-order valence-electron chi connectivity index (χ0n) is 22.0. The Balaban J connectivity index is 0.00000205. The molecule has 2 bridgehead atoms. The minimum Gasteiger partial charge on any atom is -0.389 e. The lowest BCUT2D eigenvalue weighted by molar-refractivity contribution is -0.115. The van der Waals surface area contributed by atoms with Gasteiger partial charge in [0.25, 0.3) is 18.2 Å². The number of amides is 2. The molecule has 8 nitrogen and oxygen atoms in total. The van der Waals surface area contributed by atoms with Gasteiger partial charge in [0.1, 0.15) is 18.1 Å². The van der Waals surface area contributed by atoms with Gasteiger partial charge in [-0.2, -0.15) is 13.2 Å². The third-order valence-corrected chi connectivity index (χ3v) is 7.37. The smallest absolute Gasteiger partial charge is 0.389 e. The van der Waals surface area contributed by atoms with E-state index in [2.05, 4.69) is 15.3 Å². The topological polar surface area (TPSA) is 107 Å². The molecule has 2 aromatic heterocycles. The van der Waals surface area contributed by atoms with E-state index in [1.807, 2.05) is 19.2 Å². The number of alkyl halides is 5. The molecule has 0 aliphatic carbocycles. The summed E-state index contributed by atoms with van der Waals surface area (Å²) in [5.74, 6) is -1.60. The van der Waals surface area contributed by atoms with Crippen LogP contribution in [-0.2, 0) is 0 Å². The van der Waals surface area contributed by atoms with Crippen LogP contribution < -0.4 is 10.6 Å². The van der Waals surface area contributed by atoms with Crippen LogP contribution in [-0.4, -0.2) is 68.7 Å². The van der Waals surface area contributed by atoms with Crippen LogP contribution in [0, 0.1) is 0 Å². The number of nitrogens with one attached hydrogen (secondary N) is 2. The molecule has 0 atom stereocenters. The number of anilines is 1. The summed E-state index contributed by atoms with van der Waals surface area (Å²) in [6, 6.07) is 0.801. The second-order valence-electron chi connectivity index (χ2n) is 9.79. The fourth-order valence-corrected chi connectivity index (χ4v) is 5.62. The van der Waals surface area contributed by atoms with Gasteiger partial charge in [-0.05, 0) is 45.6 Å². The average molecular weight is 578 g/mol. The van der Waals surface area contributed by atoms with E-state index >= 15 is 0 Å². The van der Waals surface area contributed by atoms with Gasteiger partial charge in [-0.15, -0.1) is 11.3 Å². The summed E-state index contributed by atoms with van der Waals surface area (Å²) in [4.78, 5) is 36.0. The fourth-order valence-electron chi connectivity index (χ4n) is 4.61. The van der Waals surface area contributed by atoms with Crippen LogP contribution in [0.3, 0.4) is 0 Å². The highest BCUT2D eigenvalue weighted by molar-refractivity contribution is 7.17. The van der Waals surface area contributed by atoms with Crippen LogP contribution in [0.1, 0.15) is 85.7 Å². The van der Waals surface area contributed by atoms with Crippen molar-refractivity contribution in [1.29, 1.82) is 0 Å². The molecular weight excluding hydrogens is 545 g/mol. The number of nitrogens with zero attached hydrogens (tertiary/aromatic N) is 3. The summed E-state index contributed by atoms with van der Waals surface area (Å²) in [7, 11) is 0. The van der Waals surface area contributed by atoms with Crippen LogP contribution in [0.4, 0.5) is 27.8 Å². The maximum atomic E-state index is 14.1. The molecule has 14 heteroatoms. The fraction of sp³-hybridized carbons (Fsp3) is 0.600. The normalized spacial score (nSPS) is 18.7. The van der Waals surface area contributed by atoms with Gasteiger partial charge in [0.05, 0.1) is 10.5 Å². The van der Waals surface area contributed by atoms with E-state index in [9.17, 15) is 36.6 Å². The number of hydrogen-bond acceptors (Lipinski definition) is 7. The lowest BCUT2D eigenvalue weighted by Gasteiger charge is -2.22. The highest BCUT2D eigenvalue weighted by Gasteiger charge is 2.44. The number of pyridine rings is 1. The van der Waals surface area contributed by atoms with Crippen LogP contribution in [0.2, 0.25) is 0 Å². The third kappa shape index (κ3) is 7.41. The summed E-state index contributed by atoms with van der Waals surface area (Å²) in [6.45, 7) is 5.38. The Bertz CT molecular complexity index is 1160. The summed E-state index contributed by atoms with van der Waals surface area (Å²) < 4.78 is 65.8. The monoisotopic (exact) mass is 577 g/mol. The molecule has 39 heavy (non-hydrogen) atoms. The number of fused-ring (bicyclic) bond motifs is 2. The number of carbonyl (C=O) groups is 2. The summed E-state index contributed by atoms with van der Waals surface area (Å²) in [5, 5.41) is 14.2. The van der Waals surface area contributed by atoms with E-state index in [1.165, 1.54) is 13.8 Å². The molecule has 0 saturated carbocycles. The highest BCUT2D eigenvalue weighted by Crippen LogP contribution is 2.42. The van der Waals surface area contributed by atoms with Crippen LogP contribution in [0.15, 0.2) is 12.3 Å². The Labute approximate surface area is 227 Å². The van der Waals surface area contributed by atoms with E-state index in [0.717, 1.165) is 37.9 Å². The largest absolute Gasteiger partial charge is 0.405 e. The van der Waals surface area contributed by atoms with Crippen molar-refractivity contribution in [3.63, 3.8) is 0 Å². The van der Waals surface area contributed by atoms with Crippen molar-refractivity contribution >= 4 is 29.0 Å². The van der Waals surface area contributed by atoms with Crippen molar-refractivity contribution < 1.29 is 36.6 Å². The zero-order chi connectivity index (χ0) is 29.1. The maximum Gasteiger partial charge on any atom is 0.405 e. The first kappa shape index (κ1) is 30.7. The molecule has 2 amide bonds. The Morgan fingerprint density at radius 3 is 2.23 bits per heavy atom. The van der Waals surface area contributed by atoms with Crippen molar-refractivity contribution in [2.24, 2.45) is 0 Å². The summed E-state index contributed by atoms with van der Waals surface area (Å²) in [5.41, 5.74) is -2.25. The molecule has 0 aromatic carbocycles. The first-order valence-corrected chi connectivity index (χ1v) is 13.5. The molecular formula is C25H32F5N5O3S. The quantitative estimate of drug-likeness (QED) is 0.362. The summed E-state index contributed by atoms with van der Waals surface area (Å²) >= 11 is 0.710. The molecule has 4 rings (SSSR count). The van der Waals surface area contributed by atoms with Gasteiger partial charge >= 0.3 is 6.18 Å². The molecule has 2 aliphatic heterocycles. The standard InChI is InChI=1S/C23H26F5N5O3S.C2H6/c1-22(2,36)9-31-19(34)20-32-16(21(35)33-11-3-4-12(33)6-5-11)17(37-20)14-8-29-15(7-13(14)18(24)25)30-10-23(26,27)28;1-2/h7-8,11-12,18,36H,3-6,9-10H2,1-2H3,(H,29,30)(H,31,34);1-2H3.